The van der Waals surface area contributed by atoms with Crippen LogP contribution < -0.4 is 9.80 Å². The number of anilines is 2. The third-order valence-electron chi connectivity index (χ3n) is 4.70. The monoisotopic (exact) mass is 397 g/mol. The molecule has 28 heavy (non-hydrogen) atoms. The summed E-state index contributed by atoms with van der Waals surface area (Å²) >= 11 is 5.51. The van der Waals surface area contributed by atoms with Crippen LogP contribution >= 0.6 is 12.2 Å². The van der Waals surface area contributed by atoms with E-state index in [0.717, 1.165) is 12.1 Å². The molecule has 6 nitrogen and oxygen atoms in total. The number of thiocarbonyl (C=S) groups is 1. The van der Waals surface area contributed by atoms with Crippen LogP contribution in [-0.4, -0.2) is 27.6 Å². The topological polar surface area (TPSA) is 84.6 Å². The van der Waals surface area contributed by atoms with Gasteiger partial charge in [0.05, 0.1) is 22.9 Å². The number of halogens is 1. The molecule has 1 saturated heterocycles. The number of aromatic carboxylic acids is 1. The van der Waals surface area contributed by atoms with Crippen LogP contribution in [0.3, 0.4) is 0 Å². The number of benzene rings is 2. The maximum Gasteiger partial charge on any atom is 0.338 e. The van der Waals surface area contributed by atoms with Gasteiger partial charge in [-0.05, 0) is 75.0 Å². The number of hydrogen-bond donors (Lipinski definition) is 1. The number of aryl methyl sites for hydroxylation is 1. The summed E-state index contributed by atoms with van der Waals surface area (Å²) in [6.07, 6.45) is 0. The van der Waals surface area contributed by atoms with E-state index >= 15 is 0 Å². The highest BCUT2D eigenvalue weighted by atomic mass is 32.1. The second-order valence-electron chi connectivity index (χ2n) is 6.90. The summed E-state index contributed by atoms with van der Waals surface area (Å²) in [6.45, 7) is 5.07. The van der Waals surface area contributed by atoms with Gasteiger partial charge in [0, 0.05) is 5.69 Å². The highest BCUT2D eigenvalue weighted by Gasteiger charge is 2.50. The summed E-state index contributed by atoms with van der Waals surface area (Å²) in [4.78, 5) is 27.0. The predicted molar refractivity (Wildman–Crippen MR) is 106 cm³/mol. The van der Waals surface area contributed by atoms with Crippen molar-refractivity contribution in [1.29, 1.82) is 5.26 Å². The zero-order valence-electron chi connectivity index (χ0n) is 15.4. The average Bonchev–Trinajstić information content (AvgIpc) is 2.79. The Morgan fingerprint density at radius 1 is 1.21 bits per heavy atom. The molecule has 0 atom stereocenters. The number of nitrogens with zero attached hydrogens (tertiary/aromatic N) is 3. The number of amides is 1. The maximum atomic E-state index is 14.2. The van der Waals surface area contributed by atoms with Crippen LogP contribution in [0.2, 0.25) is 0 Å². The molecule has 0 bridgehead atoms. The molecule has 0 aromatic heterocycles. The van der Waals surface area contributed by atoms with Gasteiger partial charge in [-0.15, -0.1) is 0 Å². The van der Waals surface area contributed by atoms with E-state index in [1.165, 1.54) is 15.9 Å². The van der Waals surface area contributed by atoms with E-state index in [4.69, 9.17) is 22.6 Å². The Kier molecular flexibility index (Phi) is 4.65. The Bertz CT molecular complexity index is 1070. The summed E-state index contributed by atoms with van der Waals surface area (Å²) in [7, 11) is 0. The Hall–Kier alpha value is -3.31. The highest BCUT2D eigenvalue weighted by Crippen LogP contribution is 2.37. The molecule has 1 aliphatic rings. The van der Waals surface area contributed by atoms with Gasteiger partial charge in [0.25, 0.3) is 5.91 Å². The van der Waals surface area contributed by atoms with Gasteiger partial charge in [-0.25, -0.2) is 9.18 Å². The SMILES string of the molecule is Cc1cc(N2C(=O)C(C)(C)N(c3ccc(C(=O)O)c(F)c3)C2=S)ccc1C#N. The summed E-state index contributed by atoms with van der Waals surface area (Å²) in [6, 6.07) is 10.6. The normalized spacial score (nSPS) is 15.7. The summed E-state index contributed by atoms with van der Waals surface area (Å²) in [5, 5.41) is 18.3. The minimum absolute atomic E-state index is 0.140. The van der Waals surface area contributed by atoms with Gasteiger partial charge in [0.1, 0.15) is 11.4 Å². The Morgan fingerprint density at radius 2 is 1.86 bits per heavy atom. The van der Waals surface area contributed by atoms with Crippen LogP contribution in [0.4, 0.5) is 15.8 Å². The maximum absolute atomic E-state index is 14.2. The summed E-state index contributed by atoms with van der Waals surface area (Å²) in [5.74, 6) is -2.61. The molecule has 2 aromatic rings. The molecule has 3 rings (SSSR count). The Labute approximate surface area is 166 Å². The van der Waals surface area contributed by atoms with Gasteiger partial charge in [-0.3, -0.25) is 9.69 Å². The lowest BCUT2D eigenvalue weighted by Gasteiger charge is -2.29. The third kappa shape index (κ3) is 2.90. The number of carbonyl (C=O) groups excluding carboxylic acids is 1. The van der Waals surface area contributed by atoms with Crippen LogP contribution in [-0.2, 0) is 4.79 Å². The first-order valence-electron chi connectivity index (χ1n) is 8.32. The standard InChI is InChI=1S/C20H16FN3O3S/c1-11-8-13(5-4-12(11)10-22)23-18(27)20(2,3)24(19(23)28)14-6-7-15(17(25)26)16(21)9-14/h4-9H,1-3H3,(H,25,26). The highest BCUT2D eigenvalue weighted by molar-refractivity contribution is 7.81. The van der Waals surface area contributed by atoms with Crippen LogP contribution in [0.5, 0.6) is 0 Å². The lowest BCUT2D eigenvalue weighted by molar-refractivity contribution is -0.120. The van der Waals surface area contributed by atoms with E-state index in [-0.39, 0.29) is 16.7 Å². The first-order chi connectivity index (χ1) is 13.1. The largest absolute Gasteiger partial charge is 0.478 e. The number of carbonyl (C=O) groups is 2. The van der Waals surface area contributed by atoms with Crippen LogP contribution in [0.25, 0.3) is 0 Å². The van der Waals surface area contributed by atoms with Gasteiger partial charge in [0.2, 0.25) is 0 Å². The lowest BCUT2D eigenvalue weighted by atomic mass is 10.0. The fraction of sp³-hybridized carbons (Fsp3) is 0.200. The van der Waals surface area contributed by atoms with Crippen molar-refractivity contribution in [1.82, 2.24) is 0 Å². The third-order valence-corrected chi connectivity index (χ3v) is 5.06. The fourth-order valence-corrected chi connectivity index (χ4v) is 3.71. The van der Waals surface area contributed by atoms with Crippen molar-refractivity contribution in [2.75, 3.05) is 9.80 Å². The van der Waals surface area contributed by atoms with E-state index in [2.05, 4.69) is 6.07 Å². The number of carboxylic acid groups (broad SMARTS) is 1. The zero-order valence-corrected chi connectivity index (χ0v) is 16.2. The van der Waals surface area contributed by atoms with Crippen LogP contribution in [0.15, 0.2) is 36.4 Å². The van der Waals surface area contributed by atoms with Crippen molar-refractivity contribution in [3.8, 4) is 6.07 Å². The van der Waals surface area contributed by atoms with Crippen molar-refractivity contribution >= 4 is 40.6 Å². The molecule has 1 heterocycles. The fourth-order valence-electron chi connectivity index (χ4n) is 3.19. The van der Waals surface area contributed by atoms with Crippen molar-refractivity contribution in [2.24, 2.45) is 0 Å². The molecule has 1 N–H and O–H groups in total. The van der Waals surface area contributed by atoms with Crippen molar-refractivity contribution in [3.63, 3.8) is 0 Å². The molecule has 0 radical (unpaired) electrons. The first kappa shape index (κ1) is 19.5. The van der Waals surface area contributed by atoms with Crippen molar-refractivity contribution in [2.45, 2.75) is 26.3 Å². The van der Waals surface area contributed by atoms with Crippen molar-refractivity contribution < 1.29 is 19.1 Å². The summed E-state index contributed by atoms with van der Waals surface area (Å²) in [5.41, 5.74) is 0.393. The second kappa shape index (κ2) is 6.69. The minimum atomic E-state index is -1.38. The average molecular weight is 397 g/mol. The predicted octanol–water partition coefficient (Wildman–Crippen LogP) is 3.62. The van der Waals surface area contributed by atoms with E-state index in [1.807, 2.05) is 0 Å². The van der Waals surface area contributed by atoms with Gasteiger partial charge in [-0.2, -0.15) is 5.26 Å². The molecule has 142 valence electrons. The van der Waals surface area contributed by atoms with Gasteiger partial charge < -0.3 is 10.0 Å². The molecule has 0 aliphatic carbocycles. The number of rotatable bonds is 3. The minimum Gasteiger partial charge on any atom is -0.478 e. The van der Waals surface area contributed by atoms with Gasteiger partial charge >= 0.3 is 5.97 Å². The second-order valence-corrected chi connectivity index (χ2v) is 7.26. The zero-order chi connectivity index (χ0) is 20.8. The van der Waals surface area contributed by atoms with Gasteiger partial charge in [-0.1, -0.05) is 0 Å². The molecule has 0 spiro atoms. The molecule has 0 unspecified atom stereocenters. The van der Waals surface area contributed by atoms with Crippen LogP contribution in [0.1, 0.15) is 35.3 Å². The van der Waals surface area contributed by atoms with Crippen LogP contribution in [0, 0.1) is 24.1 Å². The quantitative estimate of drug-likeness (QED) is 0.797. The Balaban J connectivity index is 2.08. The summed E-state index contributed by atoms with van der Waals surface area (Å²) < 4.78 is 14.2. The molecular formula is C20H16FN3O3S. The molecule has 8 heteroatoms. The molecule has 1 fully saturated rings. The molecular weight excluding hydrogens is 381 g/mol. The lowest BCUT2D eigenvalue weighted by Crippen LogP contribution is -2.44. The number of carboxylic acids is 1. The molecule has 1 aliphatic heterocycles. The van der Waals surface area contributed by atoms with E-state index in [0.29, 0.717) is 16.8 Å². The van der Waals surface area contributed by atoms with E-state index in [9.17, 15) is 14.0 Å². The Morgan fingerprint density at radius 3 is 2.39 bits per heavy atom. The van der Waals surface area contributed by atoms with Crippen molar-refractivity contribution in [3.05, 3.63) is 58.9 Å². The molecule has 2 aromatic carbocycles. The van der Waals surface area contributed by atoms with E-state index in [1.54, 1.807) is 39.0 Å². The number of nitriles is 1. The number of hydrogen-bond acceptors (Lipinski definition) is 4. The molecule has 0 saturated carbocycles. The smallest absolute Gasteiger partial charge is 0.338 e. The van der Waals surface area contributed by atoms with E-state index < -0.39 is 22.9 Å². The molecule has 1 amide bonds. The van der Waals surface area contributed by atoms with Gasteiger partial charge in [0.15, 0.2) is 5.11 Å². The first-order valence-corrected chi connectivity index (χ1v) is 8.72.